The van der Waals surface area contributed by atoms with Crippen LogP contribution in [-0.4, -0.2) is 52.6 Å². The Labute approximate surface area is 126 Å². The van der Waals surface area contributed by atoms with Crippen LogP contribution in [0, 0.1) is 6.92 Å². The fourth-order valence-corrected chi connectivity index (χ4v) is 2.63. The molecule has 6 nitrogen and oxygen atoms in total. The first kappa shape index (κ1) is 15.6. The van der Waals surface area contributed by atoms with E-state index in [0.29, 0.717) is 5.56 Å². The maximum Gasteiger partial charge on any atom is 0.173 e. The smallest absolute Gasteiger partial charge is 0.173 e. The standard InChI is InChI=1S/C15H25N5O/c1-11-5-6-12(13(16)18-21)14(17-11)19-7-9-20(10-8-19)15(2,3)4/h5-6,21H,7-10H2,1-4H3,(H2,16,18). The van der Waals surface area contributed by atoms with Gasteiger partial charge in [0, 0.05) is 37.4 Å². The number of anilines is 1. The molecule has 116 valence electrons. The van der Waals surface area contributed by atoms with Gasteiger partial charge in [-0.05, 0) is 39.8 Å². The maximum absolute atomic E-state index is 8.94. The van der Waals surface area contributed by atoms with E-state index in [1.54, 1.807) is 0 Å². The molecule has 0 atom stereocenters. The van der Waals surface area contributed by atoms with Gasteiger partial charge in [-0.25, -0.2) is 4.98 Å². The van der Waals surface area contributed by atoms with Crippen molar-refractivity contribution in [3.63, 3.8) is 0 Å². The number of pyridine rings is 1. The number of nitrogens with two attached hydrogens (primary N) is 1. The van der Waals surface area contributed by atoms with Crippen molar-refractivity contribution in [1.29, 1.82) is 0 Å². The summed E-state index contributed by atoms with van der Waals surface area (Å²) in [6, 6.07) is 3.74. The second kappa shape index (κ2) is 5.89. The van der Waals surface area contributed by atoms with Crippen molar-refractivity contribution >= 4 is 11.7 Å². The number of hydrogen-bond donors (Lipinski definition) is 2. The third-order valence-corrected chi connectivity index (χ3v) is 3.93. The summed E-state index contributed by atoms with van der Waals surface area (Å²) >= 11 is 0. The van der Waals surface area contributed by atoms with Gasteiger partial charge in [0.25, 0.3) is 0 Å². The number of oxime groups is 1. The Morgan fingerprint density at radius 2 is 1.86 bits per heavy atom. The summed E-state index contributed by atoms with van der Waals surface area (Å²) in [7, 11) is 0. The summed E-state index contributed by atoms with van der Waals surface area (Å²) in [5.41, 5.74) is 7.57. The molecule has 3 N–H and O–H groups in total. The zero-order valence-corrected chi connectivity index (χ0v) is 13.3. The minimum atomic E-state index is 0.107. The van der Waals surface area contributed by atoms with Gasteiger partial charge in [0.2, 0.25) is 0 Å². The third kappa shape index (κ3) is 3.44. The van der Waals surface area contributed by atoms with Gasteiger partial charge in [-0.2, -0.15) is 0 Å². The van der Waals surface area contributed by atoms with Gasteiger partial charge < -0.3 is 15.8 Å². The Bertz CT molecular complexity index is 527. The first-order valence-electron chi connectivity index (χ1n) is 7.28. The van der Waals surface area contributed by atoms with Gasteiger partial charge in [0.15, 0.2) is 5.84 Å². The molecule has 0 aromatic carbocycles. The molecule has 1 saturated heterocycles. The third-order valence-electron chi connectivity index (χ3n) is 3.93. The van der Waals surface area contributed by atoms with Crippen LogP contribution < -0.4 is 10.6 Å². The predicted molar refractivity (Wildman–Crippen MR) is 85.0 cm³/mol. The zero-order chi connectivity index (χ0) is 15.6. The number of piperazine rings is 1. The van der Waals surface area contributed by atoms with Crippen molar-refractivity contribution in [3.05, 3.63) is 23.4 Å². The molecule has 2 heterocycles. The average Bonchev–Trinajstić information content (AvgIpc) is 2.45. The van der Waals surface area contributed by atoms with Crippen LogP contribution in [0.15, 0.2) is 17.3 Å². The van der Waals surface area contributed by atoms with Gasteiger partial charge in [-0.3, -0.25) is 4.90 Å². The topological polar surface area (TPSA) is 78.0 Å². The molecule has 6 heteroatoms. The maximum atomic E-state index is 8.94. The Morgan fingerprint density at radius 1 is 1.24 bits per heavy atom. The van der Waals surface area contributed by atoms with Gasteiger partial charge in [-0.1, -0.05) is 5.16 Å². The number of aryl methyl sites for hydroxylation is 1. The van der Waals surface area contributed by atoms with Gasteiger partial charge in [0.1, 0.15) is 5.82 Å². The molecular weight excluding hydrogens is 266 g/mol. The second-order valence-electron chi connectivity index (χ2n) is 6.45. The van der Waals surface area contributed by atoms with Crippen LogP contribution in [0.25, 0.3) is 0 Å². The molecule has 1 aromatic rings. The van der Waals surface area contributed by atoms with Crippen molar-refractivity contribution in [2.45, 2.75) is 33.2 Å². The lowest BCUT2D eigenvalue weighted by Gasteiger charge is -2.43. The molecule has 2 rings (SSSR count). The zero-order valence-electron chi connectivity index (χ0n) is 13.3. The Morgan fingerprint density at radius 3 is 2.38 bits per heavy atom. The molecule has 21 heavy (non-hydrogen) atoms. The molecule has 1 aromatic heterocycles. The highest BCUT2D eigenvalue weighted by molar-refractivity contribution is 6.01. The van der Waals surface area contributed by atoms with Crippen molar-refractivity contribution in [2.24, 2.45) is 10.9 Å². The minimum Gasteiger partial charge on any atom is -0.409 e. The largest absolute Gasteiger partial charge is 0.409 e. The molecule has 0 bridgehead atoms. The van der Waals surface area contributed by atoms with Crippen molar-refractivity contribution in [3.8, 4) is 0 Å². The number of hydrogen-bond acceptors (Lipinski definition) is 5. The van der Waals surface area contributed by atoms with E-state index in [4.69, 9.17) is 10.9 Å². The highest BCUT2D eigenvalue weighted by atomic mass is 16.4. The molecular formula is C15H25N5O. The molecule has 0 amide bonds. The number of nitrogens with zero attached hydrogens (tertiary/aromatic N) is 4. The summed E-state index contributed by atoms with van der Waals surface area (Å²) in [4.78, 5) is 9.26. The van der Waals surface area contributed by atoms with E-state index in [1.807, 2.05) is 19.1 Å². The van der Waals surface area contributed by atoms with Crippen molar-refractivity contribution in [1.82, 2.24) is 9.88 Å². The van der Waals surface area contributed by atoms with E-state index in [-0.39, 0.29) is 11.4 Å². The van der Waals surface area contributed by atoms with Crippen LogP contribution in [0.5, 0.6) is 0 Å². The SMILES string of the molecule is Cc1ccc(C(N)=NO)c(N2CCN(C(C)(C)C)CC2)n1. The quantitative estimate of drug-likeness (QED) is 0.373. The van der Waals surface area contributed by atoms with E-state index in [2.05, 4.69) is 40.7 Å². The van der Waals surface area contributed by atoms with Crippen LogP contribution in [0.1, 0.15) is 32.0 Å². The molecule has 0 aliphatic carbocycles. The number of amidine groups is 1. The molecule has 1 aliphatic rings. The first-order valence-corrected chi connectivity index (χ1v) is 7.28. The predicted octanol–water partition coefficient (Wildman–Crippen LogP) is 1.41. The summed E-state index contributed by atoms with van der Waals surface area (Å²) in [6.07, 6.45) is 0. The van der Waals surface area contributed by atoms with E-state index < -0.39 is 0 Å². The lowest BCUT2D eigenvalue weighted by molar-refractivity contribution is 0.128. The van der Waals surface area contributed by atoms with Gasteiger partial charge in [0.05, 0.1) is 5.56 Å². The van der Waals surface area contributed by atoms with Crippen LogP contribution >= 0.6 is 0 Å². The van der Waals surface area contributed by atoms with Crippen molar-refractivity contribution in [2.75, 3.05) is 31.1 Å². The Kier molecular flexibility index (Phi) is 4.37. The highest BCUT2D eigenvalue weighted by Gasteiger charge is 2.27. The van der Waals surface area contributed by atoms with E-state index in [1.165, 1.54) is 0 Å². The lowest BCUT2D eigenvalue weighted by Crippen LogP contribution is -2.54. The minimum absolute atomic E-state index is 0.107. The van der Waals surface area contributed by atoms with E-state index in [0.717, 1.165) is 37.7 Å². The second-order valence-corrected chi connectivity index (χ2v) is 6.45. The van der Waals surface area contributed by atoms with E-state index >= 15 is 0 Å². The number of aromatic nitrogens is 1. The van der Waals surface area contributed by atoms with Gasteiger partial charge in [-0.15, -0.1) is 0 Å². The normalized spacial score (nSPS) is 18.1. The first-order chi connectivity index (χ1) is 9.82. The fraction of sp³-hybridized carbons (Fsp3) is 0.600. The van der Waals surface area contributed by atoms with Crippen LogP contribution in [0.4, 0.5) is 5.82 Å². The van der Waals surface area contributed by atoms with Gasteiger partial charge >= 0.3 is 0 Å². The number of rotatable bonds is 2. The monoisotopic (exact) mass is 291 g/mol. The lowest BCUT2D eigenvalue weighted by atomic mass is 10.0. The molecule has 0 unspecified atom stereocenters. The molecule has 1 fully saturated rings. The van der Waals surface area contributed by atoms with E-state index in [9.17, 15) is 0 Å². The van der Waals surface area contributed by atoms with Crippen LogP contribution in [0.3, 0.4) is 0 Å². The Hall–Kier alpha value is -1.82. The molecule has 1 aliphatic heterocycles. The molecule has 0 saturated carbocycles. The highest BCUT2D eigenvalue weighted by Crippen LogP contribution is 2.22. The average molecular weight is 291 g/mol. The fourth-order valence-electron chi connectivity index (χ4n) is 2.63. The summed E-state index contributed by atoms with van der Waals surface area (Å²) in [5.74, 6) is 0.912. The summed E-state index contributed by atoms with van der Waals surface area (Å²) < 4.78 is 0. The van der Waals surface area contributed by atoms with Crippen molar-refractivity contribution < 1.29 is 5.21 Å². The molecule has 0 radical (unpaired) electrons. The summed E-state index contributed by atoms with van der Waals surface area (Å²) in [6.45, 7) is 12.4. The molecule has 0 spiro atoms. The Balaban J connectivity index is 2.22. The summed E-state index contributed by atoms with van der Waals surface area (Å²) in [5, 5.41) is 12.1. The van der Waals surface area contributed by atoms with Crippen LogP contribution in [-0.2, 0) is 0 Å². The van der Waals surface area contributed by atoms with Crippen LogP contribution in [0.2, 0.25) is 0 Å².